The van der Waals surface area contributed by atoms with Gasteiger partial charge >= 0.3 is 17.9 Å². The van der Waals surface area contributed by atoms with Crippen molar-refractivity contribution in [1.29, 1.82) is 0 Å². The van der Waals surface area contributed by atoms with E-state index in [1.54, 1.807) is 0 Å². The summed E-state index contributed by atoms with van der Waals surface area (Å²) in [7, 11) is 0. The van der Waals surface area contributed by atoms with E-state index in [1.165, 1.54) is 0 Å². The summed E-state index contributed by atoms with van der Waals surface area (Å²) in [4.78, 5) is 68.2. The van der Waals surface area contributed by atoms with Crippen LogP contribution in [0.2, 0.25) is 0 Å². The second kappa shape index (κ2) is 12.5. The molecular formula is C14H22N4O9S. The summed E-state index contributed by atoms with van der Waals surface area (Å²) >= 11 is 3.87. The molecule has 0 aromatic rings. The number of carboxylic acids is 3. The Bertz CT molecular complexity index is 628. The third kappa shape index (κ3) is 9.72. The van der Waals surface area contributed by atoms with Crippen molar-refractivity contribution < 1.29 is 44.1 Å². The number of nitrogens with two attached hydrogens (primary N) is 1. The minimum atomic E-state index is -1.73. The molecule has 3 atom stereocenters. The molecule has 0 aliphatic heterocycles. The Labute approximate surface area is 164 Å². The number of hydrogen-bond acceptors (Lipinski definition) is 8. The zero-order chi connectivity index (χ0) is 21.9. The fraction of sp³-hybridized carbons (Fsp3) is 0.571. The van der Waals surface area contributed by atoms with Gasteiger partial charge in [-0.15, -0.1) is 0 Å². The van der Waals surface area contributed by atoms with E-state index in [4.69, 9.17) is 21.1 Å². The molecule has 14 heteroatoms. The van der Waals surface area contributed by atoms with Gasteiger partial charge in [-0.25, -0.2) is 4.79 Å². The molecule has 8 N–H and O–H groups in total. The molecule has 0 aliphatic carbocycles. The molecule has 0 heterocycles. The summed E-state index contributed by atoms with van der Waals surface area (Å²) in [6.45, 7) is -0.456. The molecule has 0 aromatic heterocycles. The lowest BCUT2D eigenvalue weighted by Crippen LogP contribution is -2.57. The number of thiol groups is 1. The Hall–Kier alpha value is -2.87. The molecule has 158 valence electrons. The summed E-state index contributed by atoms with van der Waals surface area (Å²) < 4.78 is 0. The summed E-state index contributed by atoms with van der Waals surface area (Å²) in [5.74, 6) is -7.22. The average molecular weight is 422 g/mol. The Kier molecular flexibility index (Phi) is 11.2. The first-order valence-corrected chi connectivity index (χ1v) is 8.52. The highest BCUT2D eigenvalue weighted by molar-refractivity contribution is 7.80. The molecule has 0 bridgehead atoms. The van der Waals surface area contributed by atoms with Crippen molar-refractivity contribution in [2.45, 2.75) is 37.4 Å². The van der Waals surface area contributed by atoms with Gasteiger partial charge in [0.25, 0.3) is 0 Å². The van der Waals surface area contributed by atoms with E-state index < -0.39 is 73.1 Å². The molecule has 3 amide bonds. The van der Waals surface area contributed by atoms with Crippen molar-refractivity contribution in [1.82, 2.24) is 16.0 Å². The number of amides is 3. The number of hydrogen-bond donors (Lipinski definition) is 8. The van der Waals surface area contributed by atoms with Crippen molar-refractivity contribution >= 4 is 48.3 Å². The molecule has 0 saturated carbocycles. The average Bonchev–Trinajstić information content (AvgIpc) is 2.61. The zero-order valence-electron chi connectivity index (χ0n) is 14.6. The molecule has 0 aliphatic rings. The van der Waals surface area contributed by atoms with Crippen molar-refractivity contribution in [3.8, 4) is 0 Å². The third-order valence-electron chi connectivity index (χ3n) is 3.29. The Morgan fingerprint density at radius 3 is 1.79 bits per heavy atom. The van der Waals surface area contributed by atoms with Crippen LogP contribution in [0, 0.1) is 0 Å². The number of nitrogens with one attached hydrogen (secondary N) is 3. The number of carboxylic acid groups (broad SMARTS) is 3. The van der Waals surface area contributed by atoms with E-state index in [0.29, 0.717) is 0 Å². The Morgan fingerprint density at radius 1 is 0.821 bits per heavy atom. The van der Waals surface area contributed by atoms with Gasteiger partial charge in [0.05, 0.1) is 13.0 Å². The van der Waals surface area contributed by atoms with Gasteiger partial charge in [0.1, 0.15) is 18.1 Å². The normalized spacial score (nSPS) is 13.5. The summed E-state index contributed by atoms with van der Waals surface area (Å²) in [5, 5.41) is 32.7. The Balaban J connectivity index is 5.13. The number of carbonyl (C=O) groups excluding carboxylic acids is 3. The molecule has 0 saturated heterocycles. The second-order valence-corrected chi connectivity index (χ2v) is 5.86. The maximum atomic E-state index is 12.3. The first-order chi connectivity index (χ1) is 13.0. The van der Waals surface area contributed by atoms with Crippen LogP contribution in [0.5, 0.6) is 0 Å². The number of aliphatic carboxylic acids is 3. The molecule has 0 spiro atoms. The van der Waals surface area contributed by atoms with Crippen molar-refractivity contribution in [3.05, 3.63) is 0 Å². The predicted octanol–water partition coefficient (Wildman–Crippen LogP) is -3.25. The number of rotatable bonds is 13. The monoisotopic (exact) mass is 422 g/mol. The predicted molar refractivity (Wildman–Crippen MR) is 95.5 cm³/mol. The van der Waals surface area contributed by atoms with Gasteiger partial charge in [-0.3, -0.25) is 24.0 Å². The summed E-state index contributed by atoms with van der Waals surface area (Å²) in [5.41, 5.74) is 5.14. The van der Waals surface area contributed by atoms with Crippen LogP contribution in [-0.2, 0) is 28.8 Å². The molecule has 0 rings (SSSR count). The van der Waals surface area contributed by atoms with E-state index in [2.05, 4.69) is 23.3 Å². The Morgan fingerprint density at radius 2 is 1.36 bits per heavy atom. The molecule has 0 aromatic carbocycles. The van der Waals surface area contributed by atoms with Crippen LogP contribution in [-0.4, -0.2) is 81.4 Å². The first kappa shape index (κ1) is 25.1. The van der Waals surface area contributed by atoms with Crippen LogP contribution < -0.4 is 21.7 Å². The number of carbonyl (C=O) groups is 6. The largest absolute Gasteiger partial charge is 0.481 e. The zero-order valence-corrected chi connectivity index (χ0v) is 15.5. The maximum Gasteiger partial charge on any atom is 0.326 e. The molecule has 28 heavy (non-hydrogen) atoms. The van der Waals surface area contributed by atoms with Gasteiger partial charge in [-0.05, 0) is 6.42 Å². The van der Waals surface area contributed by atoms with Gasteiger partial charge in [0, 0.05) is 12.2 Å². The minimum Gasteiger partial charge on any atom is -0.481 e. The minimum absolute atomic E-state index is 0.284. The fourth-order valence-electron chi connectivity index (χ4n) is 1.90. The van der Waals surface area contributed by atoms with E-state index in [0.717, 1.165) is 0 Å². The molecular weight excluding hydrogens is 400 g/mol. The van der Waals surface area contributed by atoms with Crippen LogP contribution in [0.15, 0.2) is 0 Å². The van der Waals surface area contributed by atoms with Crippen LogP contribution >= 0.6 is 12.6 Å². The lowest BCUT2D eigenvalue weighted by atomic mass is 10.1. The summed E-state index contributed by atoms with van der Waals surface area (Å²) in [6.07, 6.45) is -1.63. The van der Waals surface area contributed by atoms with Crippen molar-refractivity contribution in [2.24, 2.45) is 5.73 Å². The highest BCUT2D eigenvalue weighted by Gasteiger charge is 2.29. The van der Waals surface area contributed by atoms with Gasteiger partial charge in [-0.1, -0.05) is 0 Å². The highest BCUT2D eigenvalue weighted by atomic mass is 32.1. The van der Waals surface area contributed by atoms with Gasteiger partial charge in [0.2, 0.25) is 17.7 Å². The SMILES string of the molecule is NCC(=O)NC(CCC(=O)O)C(=O)NC(CS)C(=O)NC(CC(=O)O)C(=O)O. The molecule has 3 unspecified atom stereocenters. The second-order valence-electron chi connectivity index (χ2n) is 5.50. The van der Waals surface area contributed by atoms with E-state index >= 15 is 0 Å². The third-order valence-corrected chi connectivity index (χ3v) is 3.66. The van der Waals surface area contributed by atoms with Crippen molar-refractivity contribution in [2.75, 3.05) is 12.3 Å². The fourth-order valence-corrected chi connectivity index (χ4v) is 2.16. The molecule has 0 radical (unpaired) electrons. The molecule has 0 fully saturated rings. The first-order valence-electron chi connectivity index (χ1n) is 7.89. The van der Waals surface area contributed by atoms with Gasteiger partial charge in [0.15, 0.2) is 0 Å². The summed E-state index contributed by atoms with van der Waals surface area (Å²) in [6, 6.07) is -4.41. The quantitative estimate of drug-likeness (QED) is 0.138. The van der Waals surface area contributed by atoms with Crippen LogP contribution in [0.3, 0.4) is 0 Å². The van der Waals surface area contributed by atoms with Crippen molar-refractivity contribution in [3.63, 3.8) is 0 Å². The van der Waals surface area contributed by atoms with Gasteiger partial charge < -0.3 is 37.0 Å². The molecule has 13 nitrogen and oxygen atoms in total. The topological polar surface area (TPSA) is 225 Å². The highest BCUT2D eigenvalue weighted by Crippen LogP contribution is 2.01. The van der Waals surface area contributed by atoms with Gasteiger partial charge in [-0.2, -0.15) is 12.6 Å². The van der Waals surface area contributed by atoms with Crippen LogP contribution in [0.1, 0.15) is 19.3 Å². The smallest absolute Gasteiger partial charge is 0.326 e. The standard InChI is InChI=1S/C14H22N4O9S/c15-4-9(19)16-6(1-2-10(20)21)12(24)18-8(5-28)13(25)17-7(14(26)27)3-11(22)23/h6-8,28H,1-5,15H2,(H,16,19)(H,17,25)(H,18,24)(H,20,21)(H,22,23)(H,26,27). The van der Waals surface area contributed by atoms with E-state index in [1.807, 2.05) is 5.32 Å². The van der Waals surface area contributed by atoms with E-state index in [-0.39, 0.29) is 12.2 Å². The van der Waals surface area contributed by atoms with Crippen LogP contribution in [0.4, 0.5) is 0 Å². The van der Waals surface area contributed by atoms with Crippen LogP contribution in [0.25, 0.3) is 0 Å². The van der Waals surface area contributed by atoms with E-state index in [9.17, 15) is 28.8 Å². The lowest BCUT2D eigenvalue weighted by molar-refractivity contribution is -0.147. The lowest BCUT2D eigenvalue weighted by Gasteiger charge is -2.23. The maximum absolute atomic E-state index is 12.3.